The molecule has 2 rings (SSSR count). The van der Waals surface area contributed by atoms with Crippen LogP contribution in [-0.2, 0) is 15.3 Å². The van der Waals surface area contributed by atoms with E-state index in [-0.39, 0.29) is 24.0 Å². The van der Waals surface area contributed by atoms with Gasteiger partial charge in [0.1, 0.15) is 5.54 Å². The van der Waals surface area contributed by atoms with Gasteiger partial charge in [0, 0.05) is 12.8 Å². The highest BCUT2D eigenvalue weighted by Crippen LogP contribution is 2.25. The van der Waals surface area contributed by atoms with Crippen molar-refractivity contribution in [3.8, 4) is 0 Å². The molecule has 1 aromatic carbocycles. The number of Topliss-reactive ketones (excluding diaryl/α,β-unsaturated/α-hetero) is 1. The molecule has 0 saturated carbocycles. The number of urea groups is 1. The quantitative estimate of drug-likeness (QED) is 0.754. The van der Waals surface area contributed by atoms with Crippen LogP contribution in [0.4, 0.5) is 4.79 Å². The van der Waals surface area contributed by atoms with E-state index in [2.05, 4.69) is 0 Å². The van der Waals surface area contributed by atoms with E-state index in [1.54, 1.807) is 20.9 Å². The fraction of sp³-hybridized carbons (Fsp3) is 0.438. The number of carbonyl (C=O) groups is 3. The van der Waals surface area contributed by atoms with E-state index in [0.29, 0.717) is 0 Å². The highest BCUT2D eigenvalue weighted by molar-refractivity contribution is 7.99. The first-order chi connectivity index (χ1) is 10.3. The molecule has 5 nitrogen and oxygen atoms in total. The molecule has 0 bridgehead atoms. The van der Waals surface area contributed by atoms with Crippen LogP contribution in [0.3, 0.4) is 0 Å². The van der Waals surface area contributed by atoms with Gasteiger partial charge in [-0.1, -0.05) is 30.3 Å². The van der Waals surface area contributed by atoms with Crippen LogP contribution in [0.25, 0.3) is 0 Å². The maximum Gasteiger partial charge on any atom is 0.327 e. The summed E-state index contributed by atoms with van der Waals surface area (Å²) < 4.78 is 0. The number of carbonyl (C=O) groups excluding carboxylic acids is 3. The highest BCUT2D eigenvalue weighted by Gasteiger charge is 2.49. The number of imide groups is 1. The summed E-state index contributed by atoms with van der Waals surface area (Å²) in [6.07, 6.45) is 0. The van der Waals surface area contributed by atoms with Gasteiger partial charge in [0.2, 0.25) is 0 Å². The van der Waals surface area contributed by atoms with E-state index in [1.165, 1.54) is 16.7 Å². The molecule has 1 aliphatic rings. The van der Waals surface area contributed by atoms with Crippen molar-refractivity contribution < 1.29 is 14.4 Å². The smallest absolute Gasteiger partial charge is 0.313 e. The molecule has 0 aromatic heterocycles. The van der Waals surface area contributed by atoms with E-state index in [9.17, 15) is 14.4 Å². The fourth-order valence-electron chi connectivity index (χ4n) is 2.20. The summed E-state index contributed by atoms with van der Waals surface area (Å²) in [7, 11) is 1.58. The fourth-order valence-corrected chi connectivity index (χ4v) is 3.05. The van der Waals surface area contributed by atoms with E-state index in [1.807, 2.05) is 30.3 Å². The minimum atomic E-state index is -0.880. The maximum absolute atomic E-state index is 12.2. The van der Waals surface area contributed by atoms with Gasteiger partial charge in [-0.25, -0.2) is 4.79 Å². The largest absolute Gasteiger partial charge is 0.327 e. The van der Waals surface area contributed by atoms with Crippen LogP contribution >= 0.6 is 11.8 Å². The molecule has 1 aliphatic heterocycles. The Bertz CT molecular complexity index is 586. The number of rotatable bonds is 6. The third kappa shape index (κ3) is 3.32. The Morgan fingerprint density at radius 2 is 1.82 bits per heavy atom. The molecule has 1 heterocycles. The molecule has 118 valence electrons. The lowest BCUT2D eigenvalue weighted by Crippen LogP contribution is -2.42. The number of likely N-dealkylation sites (N-methyl/N-ethyl adjacent to an activating group) is 1. The van der Waals surface area contributed by atoms with Crippen molar-refractivity contribution in [2.24, 2.45) is 0 Å². The number of nitrogens with zero attached hydrogens (tertiary/aromatic N) is 2. The third-order valence-electron chi connectivity index (χ3n) is 3.83. The van der Waals surface area contributed by atoms with Gasteiger partial charge in [0.05, 0.1) is 12.3 Å². The minimum Gasteiger partial charge on any atom is -0.313 e. The first kappa shape index (κ1) is 16.5. The van der Waals surface area contributed by atoms with Crippen molar-refractivity contribution >= 4 is 29.5 Å². The predicted octanol–water partition coefficient (Wildman–Crippen LogP) is 2.16. The van der Waals surface area contributed by atoms with Gasteiger partial charge in [-0.2, -0.15) is 0 Å². The van der Waals surface area contributed by atoms with Crippen molar-refractivity contribution in [1.82, 2.24) is 9.80 Å². The lowest BCUT2D eigenvalue weighted by molar-refractivity contribution is -0.134. The predicted molar refractivity (Wildman–Crippen MR) is 86.6 cm³/mol. The number of hydrogen-bond acceptors (Lipinski definition) is 4. The van der Waals surface area contributed by atoms with Gasteiger partial charge in [0.25, 0.3) is 5.91 Å². The molecule has 22 heavy (non-hydrogen) atoms. The SMILES string of the molecule is CN1C(=O)N(CC(=O)CSCc2ccccc2)C(=O)C1(C)C. The summed E-state index contributed by atoms with van der Waals surface area (Å²) >= 11 is 1.49. The topological polar surface area (TPSA) is 57.7 Å². The summed E-state index contributed by atoms with van der Waals surface area (Å²) in [6, 6.07) is 9.46. The van der Waals surface area contributed by atoms with E-state index in [0.717, 1.165) is 16.2 Å². The summed E-state index contributed by atoms with van der Waals surface area (Å²) in [5, 5.41) is 0. The number of ketones is 1. The van der Waals surface area contributed by atoms with Crippen molar-refractivity contribution in [3.63, 3.8) is 0 Å². The Hall–Kier alpha value is -1.82. The van der Waals surface area contributed by atoms with E-state index >= 15 is 0 Å². The van der Waals surface area contributed by atoms with Gasteiger partial charge < -0.3 is 4.90 Å². The van der Waals surface area contributed by atoms with Crippen LogP contribution in [0.5, 0.6) is 0 Å². The summed E-state index contributed by atoms with van der Waals surface area (Å²) in [5.41, 5.74) is 0.267. The van der Waals surface area contributed by atoms with Gasteiger partial charge in [0.15, 0.2) is 5.78 Å². The molecule has 0 aliphatic carbocycles. The molecule has 0 N–H and O–H groups in total. The minimum absolute atomic E-state index is 0.117. The van der Waals surface area contributed by atoms with Crippen molar-refractivity contribution in [2.45, 2.75) is 25.1 Å². The molecular formula is C16H20N2O3S. The lowest BCUT2D eigenvalue weighted by Gasteiger charge is -2.22. The zero-order valence-electron chi connectivity index (χ0n) is 13.0. The number of thioether (sulfide) groups is 1. The Labute approximate surface area is 134 Å². The van der Waals surface area contributed by atoms with Crippen LogP contribution in [-0.4, -0.2) is 52.4 Å². The molecule has 0 unspecified atom stereocenters. The Kier molecular flexibility index (Phi) is 4.90. The molecule has 0 atom stereocenters. The van der Waals surface area contributed by atoms with Crippen molar-refractivity contribution in [3.05, 3.63) is 35.9 Å². The summed E-state index contributed by atoms with van der Waals surface area (Å²) in [5.74, 6) is 0.589. The van der Waals surface area contributed by atoms with Crippen LogP contribution in [0.1, 0.15) is 19.4 Å². The van der Waals surface area contributed by atoms with Crippen molar-refractivity contribution in [2.75, 3.05) is 19.3 Å². The number of hydrogen-bond donors (Lipinski definition) is 0. The third-order valence-corrected chi connectivity index (χ3v) is 4.90. The summed E-state index contributed by atoms with van der Waals surface area (Å²) in [4.78, 5) is 38.7. The van der Waals surface area contributed by atoms with Crippen LogP contribution in [0.2, 0.25) is 0 Å². The van der Waals surface area contributed by atoms with Crippen LogP contribution in [0, 0.1) is 0 Å². The van der Waals surface area contributed by atoms with Crippen LogP contribution < -0.4 is 0 Å². The molecule has 1 fully saturated rings. The second-order valence-electron chi connectivity index (χ2n) is 5.81. The Morgan fingerprint density at radius 3 is 2.36 bits per heavy atom. The molecule has 0 radical (unpaired) electrons. The number of benzene rings is 1. The first-order valence-electron chi connectivity index (χ1n) is 7.07. The average Bonchev–Trinajstić information content (AvgIpc) is 2.63. The zero-order chi connectivity index (χ0) is 16.3. The number of amides is 3. The van der Waals surface area contributed by atoms with Crippen LogP contribution in [0.15, 0.2) is 30.3 Å². The van der Waals surface area contributed by atoms with Gasteiger partial charge in [-0.3, -0.25) is 14.5 Å². The normalized spacial score (nSPS) is 17.2. The van der Waals surface area contributed by atoms with Gasteiger partial charge in [-0.15, -0.1) is 11.8 Å². The highest BCUT2D eigenvalue weighted by atomic mass is 32.2. The second kappa shape index (κ2) is 6.52. The summed E-state index contributed by atoms with van der Waals surface area (Å²) in [6.45, 7) is 3.22. The van der Waals surface area contributed by atoms with Gasteiger partial charge >= 0.3 is 6.03 Å². The van der Waals surface area contributed by atoms with Gasteiger partial charge in [-0.05, 0) is 19.4 Å². The maximum atomic E-state index is 12.2. The Morgan fingerprint density at radius 1 is 1.18 bits per heavy atom. The molecule has 1 aromatic rings. The molecule has 1 saturated heterocycles. The lowest BCUT2D eigenvalue weighted by atomic mass is 10.1. The zero-order valence-corrected chi connectivity index (χ0v) is 13.9. The first-order valence-corrected chi connectivity index (χ1v) is 8.22. The monoisotopic (exact) mass is 320 g/mol. The van der Waals surface area contributed by atoms with E-state index < -0.39 is 11.6 Å². The second-order valence-corrected chi connectivity index (χ2v) is 6.79. The molecule has 3 amide bonds. The Balaban J connectivity index is 1.85. The molecule has 0 spiro atoms. The van der Waals surface area contributed by atoms with E-state index in [4.69, 9.17) is 0 Å². The van der Waals surface area contributed by atoms with Crippen molar-refractivity contribution in [1.29, 1.82) is 0 Å². The molecular weight excluding hydrogens is 300 g/mol. The molecule has 6 heteroatoms. The average molecular weight is 320 g/mol. The standard InChI is InChI=1S/C16H20N2O3S/c1-16(2)14(20)18(15(21)17(16)3)9-13(19)11-22-10-12-7-5-4-6-8-12/h4-8H,9-11H2,1-3H3.